The summed E-state index contributed by atoms with van der Waals surface area (Å²) in [6.45, 7) is 1.33. The first-order valence-electron chi connectivity index (χ1n) is 9.31. The Labute approximate surface area is 185 Å². The Kier molecular flexibility index (Phi) is 6.22. The normalized spacial score (nSPS) is 10.7. The fraction of sp³-hybridized carbons (Fsp3) is 0.100. The third-order valence-corrected chi connectivity index (χ3v) is 5.01. The van der Waals surface area contributed by atoms with Gasteiger partial charge in [0.05, 0.1) is 5.75 Å². The predicted molar refractivity (Wildman–Crippen MR) is 115 cm³/mol. The van der Waals surface area contributed by atoms with Crippen LogP contribution in [-0.4, -0.2) is 42.6 Å². The summed E-state index contributed by atoms with van der Waals surface area (Å²) >= 11 is 1.13. The molecule has 162 valence electrons. The molecule has 0 radical (unpaired) electrons. The maximum atomic E-state index is 13.3. The highest BCUT2D eigenvalue weighted by molar-refractivity contribution is 7.99. The molecule has 0 fully saturated rings. The maximum absolute atomic E-state index is 13.3. The highest BCUT2D eigenvalue weighted by Crippen LogP contribution is 2.30. The maximum Gasteiger partial charge on any atom is 0.234 e. The van der Waals surface area contributed by atoms with Crippen LogP contribution in [0.1, 0.15) is 6.92 Å². The minimum atomic E-state index is -0.444. The van der Waals surface area contributed by atoms with Crippen molar-refractivity contribution < 1.29 is 18.6 Å². The van der Waals surface area contributed by atoms with Crippen LogP contribution in [0.3, 0.4) is 0 Å². The molecule has 4 aromatic rings. The summed E-state index contributed by atoms with van der Waals surface area (Å²) < 4.78 is 19.8. The van der Waals surface area contributed by atoms with Crippen LogP contribution in [0.15, 0.2) is 64.4 Å². The van der Waals surface area contributed by atoms with Crippen LogP contribution in [0.25, 0.3) is 17.2 Å². The number of hydrogen-bond donors (Lipinski definition) is 2. The van der Waals surface area contributed by atoms with Crippen molar-refractivity contribution >= 4 is 35.1 Å². The number of aromatic nitrogens is 5. The van der Waals surface area contributed by atoms with E-state index in [0.29, 0.717) is 16.5 Å². The van der Waals surface area contributed by atoms with Gasteiger partial charge in [0.2, 0.25) is 17.6 Å². The lowest BCUT2D eigenvalue weighted by Crippen LogP contribution is -2.14. The van der Waals surface area contributed by atoms with Gasteiger partial charge < -0.3 is 10.6 Å². The summed E-state index contributed by atoms with van der Waals surface area (Å²) in [7, 11) is 0. The molecule has 0 bridgehead atoms. The number of rotatable bonds is 7. The van der Waals surface area contributed by atoms with Crippen LogP contribution in [0, 0.1) is 5.82 Å². The van der Waals surface area contributed by atoms with Gasteiger partial charge in [-0.15, -0.1) is 10.2 Å². The van der Waals surface area contributed by atoms with Crippen molar-refractivity contribution in [1.29, 1.82) is 0 Å². The van der Waals surface area contributed by atoms with Crippen LogP contribution < -0.4 is 10.6 Å². The Bertz CT molecular complexity index is 1260. The van der Waals surface area contributed by atoms with Gasteiger partial charge in [0.25, 0.3) is 0 Å². The number of carbonyl (C=O) groups is 2. The average molecular weight is 453 g/mol. The number of nitrogens with one attached hydrogen (secondary N) is 2. The Morgan fingerprint density at radius 1 is 1.06 bits per heavy atom. The predicted octanol–water partition coefficient (Wildman–Crippen LogP) is 3.15. The largest absolute Gasteiger partial charge is 0.325 e. The summed E-state index contributed by atoms with van der Waals surface area (Å²) in [5, 5.41) is 21.5. The highest BCUT2D eigenvalue weighted by Gasteiger charge is 2.24. The molecule has 12 heteroatoms. The number of amides is 2. The molecule has 0 saturated carbocycles. The standard InChI is InChI=1S/C20H16FN7O3S/c1-12(29)22-18-17(26-31-27-18)19-24-25-20(28(19)15-8-3-2-4-9-15)32-11-16(30)23-14-7-5-6-13(21)10-14/h2-10H,11H2,1H3,(H,23,30)(H,22,27,29). The third kappa shape index (κ3) is 4.81. The van der Waals surface area contributed by atoms with Crippen LogP contribution in [0.2, 0.25) is 0 Å². The first-order valence-corrected chi connectivity index (χ1v) is 10.3. The second-order valence-corrected chi connectivity index (χ2v) is 7.41. The second kappa shape index (κ2) is 9.39. The van der Waals surface area contributed by atoms with E-state index in [4.69, 9.17) is 4.63 Å². The molecule has 0 aliphatic rings. The second-order valence-electron chi connectivity index (χ2n) is 6.47. The monoisotopic (exact) mass is 453 g/mol. The summed E-state index contributed by atoms with van der Waals surface area (Å²) in [6.07, 6.45) is 0. The van der Waals surface area contributed by atoms with E-state index in [9.17, 15) is 14.0 Å². The molecular weight excluding hydrogens is 437 g/mol. The summed E-state index contributed by atoms with van der Waals surface area (Å²) in [4.78, 5) is 23.8. The highest BCUT2D eigenvalue weighted by atomic mass is 32.2. The molecule has 0 atom stereocenters. The molecule has 2 heterocycles. The van der Waals surface area contributed by atoms with Gasteiger partial charge in [0.15, 0.2) is 16.7 Å². The number of thioether (sulfide) groups is 1. The van der Waals surface area contributed by atoms with Crippen molar-refractivity contribution in [2.24, 2.45) is 0 Å². The Morgan fingerprint density at radius 3 is 2.62 bits per heavy atom. The first-order chi connectivity index (χ1) is 15.5. The summed E-state index contributed by atoms with van der Waals surface area (Å²) in [5.74, 6) is -0.767. The average Bonchev–Trinajstić information content (AvgIpc) is 3.39. The molecule has 32 heavy (non-hydrogen) atoms. The smallest absolute Gasteiger partial charge is 0.234 e. The molecule has 10 nitrogen and oxygen atoms in total. The lowest BCUT2D eigenvalue weighted by molar-refractivity contribution is -0.114. The molecule has 0 spiro atoms. The molecule has 2 aromatic carbocycles. The van der Waals surface area contributed by atoms with Crippen molar-refractivity contribution in [1.82, 2.24) is 25.1 Å². The van der Waals surface area contributed by atoms with E-state index in [1.165, 1.54) is 25.1 Å². The van der Waals surface area contributed by atoms with Gasteiger partial charge in [-0.1, -0.05) is 36.0 Å². The molecular formula is C20H16FN7O3S. The number of anilines is 2. The van der Waals surface area contributed by atoms with Crippen LogP contribution >= 0.6 is 11.8 Å². The van der Waals surface area contributed by atoms with Crippen molar-refractivity contribution in [2.75, 3.05) is 16.4 Å². The van der Waals surface area contributed by atoms with E-state index in [0.717, 1.165) is 11.8 Å². The molecule has 2 amide bonds. The lowest BCUT2D eigenvalue weighted by Gasteiger charge is -2.09. The van der Waals surface area contributed by atoms with Crippen LogP contribution in [0.4, 0.5) is 15.9 Å². The van der Waals surface area contributed by atoms with E-state index < -0.39 is 5.82 Å². The zero-order chi connectivity index (χ0) is 22.5. The van der Waals surface area contributed by atoms with E-state index >= 15 is 0 Å². The molecule has 0 unspecified atom stereocenters. The van der Waals surface area contributed by atoms with Crippen molar-refractivity contribution in [3.8, 4) is 17.2 Å². The Morgan fingerprint density at radius 2 is 1.88 bits per heavy atom. The molecule has 0 aliphatic heterocycles. The number of carbonyl (C=O) groups excluding carboxylic acids is 2. The molecule has 0 saturated heterocycles. The SMILES string of the molecule is CC(=O)Nc1nonc1-c1nnc(SCC(=O)Nc2cccc(F)c2)n1-c1ccccc1. The summed E-state index contributed by atoms with van der Waals surface area (Å²) in [5.41, 5.74) is 1.25. The van der Waals surface area contributed by atoms with Gasteiger partial charge >= 0.3 is 0 Å². The van der Waals surface area contributed by atoms with Gasteiger partial charge in [0, 0.05) is 18.3 Å². The van der Waals surface area contributed by atoms with Gasteiger partial charge in [-0.05, 0) is 40.6 Å². The van der Waals surface area contributed by atoms with E-state index in [1.54, 1.807) is 10.6 Å². The molecule has 2 N–H and O–H groups in total. The number of benzene rings is 2. The van der Waals surface area contributed by atoms with Crippen LogP contribution in [0.5, 0.6) is 0 Å². The number of hydrogen-bond acceptors (Lipinski definition) is 8. The van der Waals surface area contributed by atoms with Gasteiger partial charge in [-0.25, -0.2) is 9.02 Å². The van der Waals surface area contributed by atoms with E-state index in [1.807, 2.05) is 30.3 Å². The number of para-hydroxylation sites is 1. The van der Waals surface area contributed by atoms with Gasteiger partial charge in [-0.3, -0.25) is 14.2 Å². The molecule has 4 rings (SSSR count). The minimum Gasteiger partial charge on any atom is -0.325 e. The van der Waals surface area contributed by atoms with Gasteiger partial charge in [0.1, 0.15) is 5.82 Å². The fourth-order valence-corrected chi connectivity index (χ4v) is 3.56. The van der Waals surface area contributed by atoms with Gasteiger partial charge in [-0.2, -0.15) is 0 Å². The zero-order valence-corrected chi connectivity index (χ0v) is 17.5. The Balaban J connectivity index is 1.61. The van der Waals surface area contributed by atoms with Crippen molar-refractivity contribution in [2.45, 2.75) is 12.1 Å². The number of nitrogens with zero attached hydrogens (tertiary/aromatic N) is 5. The van der Waals surface area contributed by atoms with Crippen LogP contribution in [-0.2, 0) is 9.59 Å². The lowest BCUT2D eigenvalue weighted by atomic mass is 10.3. The van der Waals surface area contributed by atoms with E-state index in [-0.39, 0.29) is 34.9 Å². The zero-order valence-electron chi connectivity index (χ0n) is 16.7. The van der Waals surface area contributed by atoms with Crippen molar-refractivity contribution in [3.05, 3.63) is 60.4 Å². The minimum absolute atomic E-state index is 0.00288. The topological polar surface area (TPSA) is 128 Å². The third-order valence-electron chi connectivity index (χ3n) is 4.08. The van der Waals surface area contributed by atoms with Crippen molar-refractivity contribution in [3.63, 3.8) is 0 Å². The molecule has 0 aliphatic carbocycles. The fourth-order valence-electron chi connectivity index (χ4n) is 2.80. The van der Waals surface area contributed by atoms with E-state index in [2.05, 4.69) is 31.1 Å². The quantitative estimate of drug-likeness (QED) is 0.409. The first kappa shape index (κ1) is 21.2. The Hall–Kier alpha value is -4.06. The summed E-state index contributed by atoms with van der Waals surface area (Å²) in [6, 6.07) is 14.8. The number of halogens is 1. The molecule has 2 aromatic heterocycles.